The van der Waals surface area contributed by atoms with Gasteiger partial charge >= 0.3 is 0 Å². The zero-order valence-electron chi connectivity index (χ0n) is 9.77. The van der Waals surface area contributed by atoms with Gasteiger partial charge in [-0.1, -0.05) is 33.9 Å². The third kappa shape index (κ3) is 2.14. The first-order valence-electron chi connectivity index (χ1n) is 6.06. The predicted molar refractivity (Wildman–Crippen MR) is 70.3 cm³/mol. The maximum absolute atomic E-state index is 9.81. The molecular weight excluding hydrogens is 296 g/mol. The summed E-state index contributed by atoms with van der Waals surface area (Å²) in [6, 6.07) is 5.16. The Morgan fingerprint density at radius 1 is 1.28 bits per heavy atom. The molecule has 1 fully saturated rings. The number of phenolic OH excluding ortho intramolecular Hbond substituents is 1. The number of nitrogens with zero attached hydrogens (tertiary/aromatic N) is 2. The van der Waals surface area contributed by atoms with Crippen molar-refractivity contribution in [2.45, 2.75) is 31.6 Å². The third-order valence-corrected chi connectivity index (χ3v) is 3.84. The van der Waals surface area contributed by atoms with E-state index < -0.39 is 0 Å². The van der Waals surface area contributed by atoms with E-state index in [9.17, 15) is 5.11 Å². The fourth-order valence-corrected chi connectivity index (χ4v) is 2.73. The van der Waals surface area contributed by atoms with Crippen molar-refractivity contribution < 1.29 is 9.63 Å². The van der Waals surface area contributed by atoms with Crippen molar-refractivity contribution in [2.24, 2.45) is 0 Å². The molecule has 94 valence electrons. The van der Waals surface area contributed by atoms with Crippen LogP contribution in [-0.2, 0) is 0 Å². The van der Waals surface area contributed by atoms with Gasteiger partial charge in [0.15, 0.2) is 5.82 Å². The maximum atomic E-state index is 9.81. The normalized spacial score (nSPS) is 16.3. The highest BCUT2D eigenvalue weighted by molar-refractivity contribution is 9.10. The topological polar surface area (TPSA) is 59.2 Å². The highest BCUT2D eigenvalue weighted by Gasteiger charge is 2.23. The third-order valence-electron chi connectivity index (χ3n) is 3.35. The minimum absolute atomic E-state index is 0.153. The zero-order chi connectivity index (χ0) is 12.5. The second-order valence-electron chi connectivity index (χ2n) is 4.60. The van der Waals surface area contributed by atoms with Crippen molar-refractivity contribution in [1.29, 1.82) is 0 Å². The number of aromatic nitrogens is 2. The van der Waals surface area contributed by atoms with Crippen molar-refractivity contribution >= 4 is 15.9 Å². The van der Waals surface area contributed by atoms with Crippen LogP contribution in [0.2, 0.25) is 0 Å². The van der Waals surface area contributed by atoms with E-state index in [1.807, 2.05) is 0 Å². The molecule has 1 aliphatic rings. The molecule has 5 heteroatoms. The van der Waals surface area contributed by atoms with Crippen molar-refractivity contribution in [1.82, 2.24) is 10.1 Å². The van der Waals surface area contributed by atoms with E-state index in [1.54, 1.807) is 18.2 Å². The second-order valence-corrected chi connectivity index (χ2v) is 5.52. The van der Waals surface area contributed by atoms with Gasteiger partial charge in [-0.2, -0.15) is 4.98 Å². The van der Waals surface area contributed by atoms with Crippen LogP contribution in [0.1, 0.15) is 37.4 Å². The number of hydrogen-bond acceptors (Lipinski definition) is 4. The monoisotopic (exact) mass is 308 g/mol. The van der Waals surface area contributed by atoms with E-state index >= 15 is 0 Å². The lowest BCUT2D eigenvalue weighted by Crippen LogP contribution is -1.94. The van der Waals surface area contributed by atoms with Crippen LogP contribution in [0.3, 0.4) is 0 Å². The van der Waals surface area contributed by atoms with Gasteiger partial charge in [0.25, 0.3) is 5.89 Å². The fraction of sp³-hybridized carbons (Fsp3) is 0.385. The molecule has 0 aliphatic heterocycles. The molecule has 4 nitrogen and oxygen atoms in total. The van der Waals surface area contributed by atoms with Gasteiger partial charge in [-0.25, -0.2) is 0 Å². The number of halogens is 1. The summed E-state index contributed by atoms with van der Waals surface area (Å²) in [4.78, 5) is 4.41. The lowest BCUT2D eigenvalue weighted by Gasteiger charge is -2.00. The van der Waals surface area contributed by atoms with Crippen LogP contribution in [0.4, 0.5) is 0 Å². The minimum atomic E-state index is 0.153. The first-order chi connectivity index (χ1) is 8.74. The molecule has 1 aromatic carbocycles. The Bertz CT molecular complexity index is 562. The Labute approximate surface area is 113 Å². The SMILES string of the molecule is Oc1ccc(Br)cc1-c1nc(C2CCCC2)no1. The molecule has 0 atom stereocenters. The summed E-state index contributed by atoms with van der Waals surface area (Å²) in [5.41, 5.74) is 0.570. The molecule has 0 bridgehead atoms. The van der Waals surface area contributed by atoms with Crippen molar-refractivity contribution in [2.75, 3.05) is 0 Å². The Kier molecular flexibility index (Phi) is 3.07. The molecule has 18 heavy (non-hydrogen) atoms. The predicted octanol–water partition coefficient (Wildman–Crippen LogP) is 3.86. The fourth-order valence-electron chi connectivity index (χ4n) is 2.37. The van der Waals surface area contributed by atoms with Gasteiger partial charge in [0, 0.05) is 10.4 Å². The van der Waals surface area contributed by atoms with E-state index in [0.717, 1.165) is 23.1 Å². The molecule has 1 aromatic heterocycles. The molecule has 3 rings (SSSR count). The van der Waals surface area contributed by atoms with Crippen LogP contribution in [0, 0.1) is 0 Å². The van der Waals surface area contributed by atoms with Crippen molar-refractivity contribution in [3.05, 3.63) is 28.5 Å². The molecule has 1 aliphatic carbocycles. The van der Waals surface area contributed by atoms with Crippen molar-refractivity contribution in [3.63, 3.8) is 0 Å². The summed E-state index contributed by atoms with van der Waals surface area (Å²) >= 11 is 3.37. The summed E-state index contributed by atoms with van der Waals surface area (Å²) in [5, 5.41) is 13.8. The summed E-state index contributed by atoms with van der Waals surface area (Å²) in [7, 11) is 0. The summed E-state index contributed by atoms with van der Waals surface area (Å²) in [6.07, 6.45) is 4.72. The van der Waals surface area contributed by atoms with E-state index in [0.29, 0.717) is 17.4 Å². The van der Waals surface area contributed by atoms with E-state index in [1.165, 1.54) is 12.8 Å². The van der Waals surface area contributed by atoms with Crippen LogP contribution in [0.15, 0.2) is 27.2 Å². The smallest absolute Gasteiger partial charge is 0.261 e. The molecular formula is C13H13BrN2O2. The molecule has 0 amide bonds. The van der Waals surface area contributed by atoms with Crippen molar-refractivity contribution in [3.8, 4) is 17.2 Å². The van der Waals surface area contributed by atoms with E-state index in [2.05, 4.69) is 26.1 Å². The van der Waals surface area contributed by atoms with Gasteiger partial charge in [-0.3, -0.25) is 0 Å². The summed E-state index contributed by atoms with van der Waals surface area (Å²) in [5.74, 6) is 1.72. The summed E-state index contributed by atoms with van der Waals surface area (Å²) < 4.78 is 6.13. The number of phenols is 1. The molecule has 1 heterocycles. The average Bonchev–Trinajstić information content (AvgIpc) is 3.00. The van der Waals surface area contributed by atoms with Gasteiger partial charge in [0.1, 0.15) is 5.75 Å². The molecule has 0 unspecified atom stereocenters. The van der Waals surface area contributed by atoms with Crippen LogP contribution in [0.25, 0.3) is 11.5 Å². The lowest BCUT2D eigenvalue weighted by atomic mass is 10.1. The number of hydrogen-bond donors (Lipinski definition) is 1. The average molecular weight is 309 g/mol. The molecule has 0 spiro atoms. The quantitative estimate of drug-likeness (QED) is 0.915. The molecule has 1 saturated carbocycles. The standard InChI is InChI=1S/C13H13BrN2O2/c14-9-5-6-11(17)10(7-9)13-15-12(16-18-13)8-3-1-2-4-8/h5-8,17H,1-4H2. The number of benzene rings is 1. The van der Waals surface area contributed by atoms with E-state index in [-0.39, 0.29) is 5.75 Å². The molecule has 0 radical (unpaired) electrons. The van der Waals surface area contributed by atoms with Crippen LogP contribution >= 0.6 is 15.9 Å². The minimum Gasteiger partial charge on any atom is -0.507 e. The number of rotatable bonds is 2. The summed E-state index contributed by atoms with van der Waals surface area (Å²) in [6.45, 7) is 0. The van der Waals surface area contributed by atoms with Gasteiger partial charge in [0.2, 0.25) is 0 Å². The van der Waals surface area contributed by atoms with Crippen LogP contribution in [-0.4, -0.2) is 15.2 Å². The van der Waals surface area contributed by atoms with Crippen LogP contribution < -0.4 is 0 Å². The van der Waals surface area contributed by atoms with Gasteiger partial charge in [0.05, 0.1) is 5.56 Å². The Morgan fingerprint density at radius 2 is 2.06 bits per heavy atom. The lowest BCUT2D eigenvalue weighted by molar-refractivity contribution is 0.411. The van der Waals surface area contributed by atoms with Gasteiger partial charge in [-0.15, -0.1) is 0 Å². The zero-order valence-corrected chi connectivity index (χ0v) is 11.4. The first-order valence-corrected chi connectivity index (χ1v) is 6.86. The highest BCUT2D eigenvalue weighted by atomic mass is 79.9. The Hall–Kier alpha value is -1.36. The molecule has 0 saturated heterocycles. The molecule has 1 N–H and O–H groups in total. The maximum Gasteiger partial charge on any atom is 0.261 e. The number of aromatic hydroxyl groups is 1. The first kappa shape index (κ1) is 11.7. The second kappa shape index (κ2) is 4.72. The van der Waals surface area contributed by atoms with Gasteiger partial charge < -0.3 is 9.63 Å². The largest absolute Gasteiger partial charge is 0.507 e. The Morgan fingerprint density at radius 3 is 2.83 bits per heavy atom. The highest BCUT2D eigenvalue weighted by Crippen LogP contribution is 2.35. The Balaban J connectivity index is 1.94. The van der Waals surface area contributed by atoms with Gasteiger partial charge in [-0.05, 0) is 31.0 Å². The molecule has 2 aromatic rings. The van der Waals surface area contributed by atoms with Crippen LogP contribution in [0.5, 0.6) is 5.75 Å². The van der Waals surface area contributed by atoms with E-state index in [4.69, 9.17) is 4.52 Å².